The number of amides is 4. The van der Waals surface area contributed by atoms with E-state index in [0.29, 0.717) is 57.3 Å². The van der Waals surface area contributed by atoms with Crippen molar-refractivity contribution in [1.82, 2.24) is 18.8 Å². The zero-order valence-corrected chi connectivity index (χ0v) is 22.2. The molecule has 0 aromatic heterocycles. The van der Waals surface area contributed by atoms with Crippen molar-refractivity contribution in [3.63, 3.8) is 0 Å². The molecule has 1 aliphatic carbocycles. The van der Waals surface area contributed by atoms with Crippen LogP contribution in [0.4, 0.5) is 5.69 Å². The zero-order chi connectivity index (χ0) is 27.2. The number of piperidine rings is 2. The van der Waals surface area contributed by atoms with Crippen molar-refractivity contribution in [1.29, 1.82) is 0 Å². The molecule has 12 nitrogen and oxygen atoms in total. The zero-order valence-electron chi connectivity index (χ0n) is 21.4. The van der Waals surface area contributed by atoms with Gasteiger partial charge in [0.1, 0.15) is 6.04 Å². The first kappa shape index (κ1) is 26.7. The average molecular weight is 547 g/mol. The van der Waals surface area contributed by atoms with Gasteiger partial charge in [0.2, 0.25) is 11.8 Å². The van der Waals surface area contributed by atoms with Gasteiger partial charge in [-0.05, 0) is 57.1 Å². The molecule has 1 aromatic rings. The lowest BCUT2D eigenvalue weighted by atomic mass is 9.91. The summed E-state index contributed by atoms with van der Waals surface area (Å²) in [6, 6.07) is 3.90. The molecule has 1 saturated carbocycles. The van der Waals surface area contributed by atoms with Gasteiger partial charge in [-0.25, -0.2) is 0 Å². The van der Waals surface area contributed by atoms with Crippen LogP contribution in [0.25, 0.3) is 0 Å². The molecule has 206 valence electrons. The number of benzene rings is 1. The van der Waals surface area contributed by atoms with Crippen LogP contribution >= 0.6 is 0 Å². The summed E-state index contributed by atoms with van der Waals surface area (Å²) in [4.78, 5) is 51.3. The molecule has 38 heavy (non-hydrogen) atoms. The normalized spacial score (nSPS) is 27.6. The largest absolute Gasteiger partial charge is 0.382 e. The van der Waals surface area contributed by atoms with Crippen LogP contribution in [-0.4, -0.2) is 89.9 Å². The van der Waals surface area contributed by atoms with Crippen LogP contribution < -0.4 is 16.4 Å². The molecule has 3 heterocycles. The fraction of sp³-hybridized carbons (Fsp3) is 0.600. The monoisotopic (exact) mass is 546 g/mol. The van der Waals surface area contributed by atoms with E-state index >= 15 is 0 Å². The Morgan fingerprint density at radius 3 is 2.32 bits per heavy atom. The lowest BCUT2D eigenvalue weighted by Gasteiger charge is -2.38. The summed E-state index contributed by atoms with van der Waals surface area (Å²) in [5.41, 5.74) is 6.90. The molecule has 5 rings (SSSR count). The van der Waals surface area contributed by atoms with Gasteiger partial charge in [-0.15, -0.1) is 0 Å². The molecule has 4 N–H and O–H groups in total. The second-order valence-electron chi connectivity index (χ2n) is 10.6. The standard InChI is InChI=1S/C25H34N6O6S/c1-29(38(36,37)30-13-11-15(26)12-14-30)17-7-5-16(6-8-17)27-19-4-2-3-18-22(19)25(35)31(24(18)34)20-9-10-21(32)28-23(20)33/h2-4,15-17,20,27H,5-14,26H2,1H3,(H,28,32,33). The molecule has 1 aromatic carbocycles. The quantitative estimate of drug-likeness (QED) is 0.432. The van der Waals surface area contributed by atoms with E-state index < -0.39 is 39.9 Å². The Balaban J connectivity index is 1.24. The Hall–Kier alpha value is -2.87. The van der Waals surface area contributed by atoms with Crippen molar-refractivity contribution in [3.8, 4) is 0 Å². The van der Waals surface area contributed by atoms with Crippen molar-refractivity contribution in [2.45, 2.75) is 75.5 Å². The van der Waals surface area contributed by atoms with Crippen LogP contribution in [-0.2, 0) is 19.8 Å². The van der Waals surface area contributed by atoms with Crippen LogP contribution in [0.5, 0.6) is 0 Å². The Morgan fingerprint density at radius 2 is 1.66 bits per heavy atom. The highest BCUT2D eigenvalue weighted by atomic mass is 32.2. The summed E-state index contributed by atoms with van der Waals surface area (Å²) >= 11 is 0. The Morgan fingerprint density at radius 1 is 0.974 bits per heavy atom. The molecule has 1 unspecified atom stereocenters. The highest BCUT2D eigenvalue weighted by Gasteiger charge is 2.46. The number of fused-ring (bicyclic) bond motifs is 1. The van der Waals surface area contributed by atoms with E-state index in [1.54, 1.807) is 25.2 Å². The van der Waals surface area contributed by atoms with Gasteiger partial charge in [0.05, 0.1) is 11.1 Å². The molecule has 4 amide bonds. The Kier molecular flexibility index (Phi) is 7.29. The van der Waals surface area contributed by atoms with Crippen molar-refractivity contribution in [3.05, 3.63) is 29.3 Å². The molecule has 3 aliphatic heterocycles. The van der Waals surface area contributed by atoms with Gasteiger partial charge >= 0.3 is 0 Å². The molecular weight excluding hydrogens is 512 g/mol. The van der Waals surface area contributed by atoms with Gasteiger partial charge in [-0.3, -0.25) is 29.4 Å². The number of anilines is 1. The first-order valence-electron chi connectivity index (χ1n) is 13.2. The number of imide groups is 2. The molecule has 1 atom stereocenters. The van der Waals surface area contributed by atoms with Gasteiger partial charge < -0.3 is 11.1 Å². The van der Waals surface area contributed by atoms with E-state index in [2.05, 4.69) is 10.6 Å². The SMILES string of the molecule is CN(C1CCC(Nc2cccc3c2C(=O)N(C2CCC(=O)NC2=O)C3=O)CC1)S(=O)(=O)N1CCC(N)CC1. The van der Waals surface area contributed by atoms with Gasteiger partial charge in [0, 0.05) is 50.4 Å². The molecule has 0 radical (unpaired) electrons. The lowest BCUT2D eigenvalue weighted by molar-refractivity contribution is -0.136. The predicted molar refractivity (Wildman–Crippen MR) is 138 cm³/mol. The van der Waals surface area contributed by atoms with E-state index in [1.165, 1.54) is 8.61 Å². The van der Waals surface area contributed by atoms with Crippen LogP contribution in [0.3, 0.4) is 0 Å². The number of rotatable bonds is 6. The maximum Gasteiger partial charge on any atom is 0.281 e. The van der Waals surface area contributed by atoms with Crippen LogP contribution in [0, 0.1) is 0 Å². The molecule has 0 spiro atoms. The fourth-order valence-corrected chi connectivity index (χ4v) is 7.54. The predicted octanol–water partition coefficient (Wildman–Crippen LogP) is 0.411. The third-order valence-corrected chi connectivity index (χ3v) is 10.3. The second kappa shape index (κ2) is 10.4. The number of carbonyl (C=O) groups is 4. The Bertz CT molecular complexity index is 1250. The van der Waals surface area contributed by atoms with Crippen molar-refractivity contribution < 1.29 is 27.6 Å². The van der Waals surface area contributed by atoms with Crippen molar-refractivity contribution in [2.75, 3.05) is 25.5 Å². The number of nitrogens with zero attached hydrogens (tertiary/aromatic N) is 3. The van der Waals surface area contributed by atoms with Gasteiger partial charge in [0.25, 0.3) is 22.0 Å². The van der Waals surface area contributed by atoms with Crippen molar-refractivity contribution >= 4 is 39.5 Å². The van der Waals surface area contributed by atoms with Crippen molar-refractivity contribution in [2.24, 2.45) is 5.73 Å². The number of nitrogens with two attached hydrogens (primary N) is 1. The van der Waals surface area contributed by atoms with Gasteiger partial charge in [-0.1, -0.05) is 6.07 Å². The smallest absolute Gasteiger partial charge is 0.281 e. The Labute approximate surface area is 222 Å². The van der Waals surface area contributed by atoms with E-state index in [1.807, 2.05) is 0 Å². The number of hydrogen-bond acceptors (Lipinski definition) is 8. The minimum absolute atomic E-state index is 0.00519. The third-order valence-electron chi connectivity index (χ3n) is 8.23. The molecule has 13 heteroatoms. The minimum atomic E-state index is -3.56. The van der Waals surface area contributed by atoms with Crippen LogP contribution in [0.15, 0.2) is 18.2 Å². The average Bonchev–Trinajstić information content (AvgIpc) is 3.15. The van der Waals surface area contributed by atoms with E-state index in [0.717, 1.165) is 4.90 Å². The first-order chi connectivity index (χ1) is 18.1. The van der Waals surface area contributed by atoms with E-state index in [4.69, 9.17) is 5.73 Å². The summed E-state index contributed by atoms with van der Waals surface area (Å²) in [6.07, 6.45) is 4.18. The summed E-state index contributed by atoms with van der Waals surface area (Å²) in [6.45, 7) is 0.874. The number of hydrogen-bond donors (Lipinski definition) is 3. The van der Waals surface area contributed by atoms with Gasteiger partial charge in [0.15, 0.2) is 0 Å². The molecule has 2 saturated heterocycles. The van der Waals surface area contributed by atoms with Crippen LogP contribution in [0.2, 0.25) is 0 Å². The summed E-state index contributed by atoms with van der Waals surface area (Å²) in [5.74, 6) is -2.16. The number of nitrogens with one attached hydrogen (secondary N) is 2. The highest BCUT2D eigenvalue weighted by molar-refractivity contribution is 7.86. The minimum Gasteiger partial charge on any atom is -0.382 e. The second-order valence-corrected chi connectivity index (χ2v) is 12.6. The summed E-state index contributed by atoms with van der Waals surface area (Å²) in [5, 5.41) is 5.60. The maximum atomic E-state index is 13.3. The summed E-state index contributed by atoms with van der Waals surface area (Å²) in [7, 11) is -1.92. The summed E-state index contributed by atoms with van der Waals surface area (Å²) < 4.78 is 29.3. The number of carbonyl (C=O) groups excluding carboxylic acids is 4. The van der Waals surface area contributed by atoms with Gasteiger partial charge in [-0.2, -0.15) is 17.0 Å². The first-order valence-corrected chi connectivity index (χ1v) is 14.6. The highest BCUT2D eigenvalue weighted by Crippen LogP contribution is 2.34. The van der Waals surface area contributed by atoms with E-state index in [-0.39, 0.29) is 42.1 Å². The molecule has 4 aliphatic rings. The van der Waals surface area contributed by atoms with Crippen LogP contribution in [0.1, 0.15) is 72.1 Å². The molecule has 0 bridgehead atoms. The maximum absolute atomic E-state index is 13.3. The van der Waals surface area contributed by atoms with E-state index in [9.17, 15) is 27.6 Å². The fourth-order valence-electron chi connectivity index (χ4n) is 5.92. The topological polar surface area (TPSA) is 162 Å². The molecular formula is C25H34N6O6S. The molecule has 3 fully saturated rings. The lowest BCUT2D eigenvalue weighted by Crippen LogP contribution is -2.54. The third kappa shape index (κ3) is 4.83.